The maximum absolute atomic E-state index is 13.3. The highest BCUT2D eigenvalue weighted by molar-refractivity contribution is 6.03. The van der Waals surface area contributed by atoms with E-state index in [1.54, 1.807) is 0 Å². The van der Waals surface area contributed by atoms with Crippen molar-refractivity contribution in [1.82, 2.24) is 0 Å². The molecule has 0 saturated heterocycles. The van der Waals surface area contributed by atoms with Gasteiger partial charge in [-0.05, 0) is 12.8 Å². The molecule has 0 unspecified atom stereocenters. The number of aliphatic hydroxyl groups excluding tert-OH is 2. The zero-order valence-corrected chi connectivity index (χ0v) is 21.4. The van der Waals surface area contributed by atoms with Crippen LogP contribution in [0.15, 0.2) is 22.7 Å². The Morgan fingerprint density at radius 3 is 1.17 bits per heavy atom. The van der Waals surface area contributed by atoms with Crippen molar-refractivity contribution in [3.05, 3.63) is 22.7 Å². The molecule has 0 bridgehead atoms. The van der Waals surface area contributed by atoms with E-state index in [1.807, 2.05) is 0 Å². The van der Waals surface area contributed by atoms with Gasteiger partial charge in [-0.25, -0.2) is 9.59 Å². The van der Waals surface area contributed by atoms with Crippen molar-refractivity contribution in [2.24, 2.45) is 22.7 Å². The van der Waals surface area contributed by atoms with Gasteiger partial charge in [0.25, 0.3) is 0 Å². The summed E-state index contributed by atoms with van der Waals surface area (Å²) in [7, 11) is 4.51. The number of hydrogen-bond donors (Lipinski definition) is 2. The minimum absolute atomic E-state index is 0.110. The van der Waals surface area contributed by atoms with Gasteiger partial charge in [0.1, 0.15) is 23.4 Å². The predicted octanol–water partition coefficient (Wildman–Crippen LogP) is 3.45. The van der Waals surface area contributed by atoms with Crippen molar-refractivity contribution in [3.8, 4) is 0 Å². The quantitative estimate of drug-likeness (QED) is 0.428. The summed E-state index contributed by atoms with van der Waals surface area (Å²) < 4.78 is 20.2. The van der Waals surface area contributed by atoms with Crippen LogP contribution in [0, 0.1) is 22.7 Å². The highest BCUT2D eigenvalue weighted by Crippen LogP contribution is 2.74. The Labute approximate surface area is 210 Å². The minimum Gasteiger partial charge on any atom is -0.511 e. The molecule has 1 saturated carbocycles. The van der Waals surface area contributed by atoms with E-state index >= 15 is 0 Å². The lowest BCUT2D eigenvalue weighted by molar-refractivity contribution is -0.159. The lowest BCUT2D eigenvalue weighted by Gasteiger charge is -2.47. The Hall–Kier alpha value is -3.04. The summed E-state index contributed by atoms with van der Waals surface area (Å²) >= 11 is 0. The number of aliphatic hydroxyl groups is 2. The number of methoxy groups -OCH3 is 4. The van der Waals surface area contributed by atoms with Crippen molar-refractivity contribution in [2.75, 3.05) is 28.4 Å². The summed E-state index contributed by atoms with van der Waals surface area (Å²) in [5.41, 5.74) is -4.00. The van der Waals surface area contributed by atoms with Gasteiger partial charge in [0.15, 0.2) is 0 Å². The van der Waals surface area contributed by atoms with Crippen molar-refractivity contribution in [2.45, 2.75) is 64.2 Å². The first-order valence-corrected chi connectivity index (χ1v) is 12.4. The second-order valence-electron chi connectivity index (χ2n) is 9.69. The second kappa shape index (κ2) is 10.9. The highest BCUT2D eigenvalue weighted by atomic mass is 16.5. The number of hydrogen-bond acceptors (Lipinski definition) is 10. The molecule has 3 aliphatic rings. The first-order chi connectivity index (χ1) is 17.2. The Balaban J connectivity index is 2.48. The number of rotatable bonds is 4. The summed E-state index contributed by atoms with van der Waals surface area (Å²) in [5, 5.41) is 23.0. The van der Waals surface area contributed by atoms with E-state index in [1.165, 1.54) is 0 Å². The van der Waals surface area contributed by atoms with Crippen LogP contribution >= 0.6 is 0 Å². The van der Waals surface area contributed by atoms with Crippen molar-refractivity contribution in [3.63, 3.8) is 0 Å². The summed E-state index contributed by atoms with van der Waals surface area (Å²) in [4.78, 5) is 53.2. The fraction of sp³-hybridized carbons (Fsp3) is 0.692. The Bertz CT molecular complexity index is 901. The zero-order valence-electron chi connectivity index (χ0n) is 21.4. The maximum atomic E-state index is 13.3. The molecular formula is C26H36O10. The van der Waals surface area contributed by atoms with Crippen LogP contribution < -0.4 is 0 Å². The van der Waals surface area contributed by atoms with Crippen molar-refractivity contribution < 1.29 is 48.3 Å². The monoisotopic (exact) mass is 508 g/mol. The lowest BCUT2D eigenvalue weighted by atomic mass is 9.52. The van der Waals surface area contributed by atoms with Gasteiger partial charge in [0.2, 0.25) is 0 Å². The van der Waals surface area contributed by atoms with E-state index in [0.717, 1.165) is 67.0 Å². The predicted molar refractivity (Wildman–Crippen MR) is 125 cm³/mol. The molecule has 0 heterocycles. The molecule has 1 fully saturated rings. The number of carbonyl (C=O) groups is 4. The van der Waals surface area contributed by atoms with E-state index in [4.69, 9.17) is 18.9 Å². The molecule has 0 spiro atoms. The molecular weight excluding hydrogens is 472 g/mol. The van der Waals surface area contributed by atoms with Crippen LogP contribution in [0.3, 0.4) is 0 Å². The average molecular weight is 509 g/mol. The lowest BCUT2D eigenvalue weighted by Crippen LogP contribution is -2.51. The molecule has 4 atom stereocenters. The fourth-order valence-electron chi connectivity index (χ4n) is 6.95. The van der Waals surface area contributed by atoms with Gasteiger partial charge in [-0.2, -0.15) is 0 Å². The number of carbonyl (C=O) groups excluding carboxylic acids is 4. The van der Waals surface area contributed by atoms with Gasteiger partial charge in [-0.1, -0.05) is 51.4 Å². The van der Waals surface area contributed by atoms with Crippen LogP contribution in [0.4, 0.5) is 0 Å². The van der Waals surface area contributed by atoms with Gasteiger partial charge in [0.05, 0.1) is 39.6 Å². The third-order valence-electron chi connectivity index (χ3n) is 8.28. The van der Waals surface area contributed by atoms with Gasteiger partial charge < -0.3 is 29.2 Å². The first-order valence-electron chi connectivity index (χ1n) is 12.4. The normalized spacial score (nSPS) is 30.9. The van der Waals surface area contributed by atoms with Crippen molar-refractivity contribution >= 4 is 23.9 Å². The molecule has 10 heteroatoms. The average Bonchev–Trinajstić information content (AvgIpc) is 3.20. The van der Waals surface area contributed by atoms with Crippen LogP contribution in [-0.4, -0.2) is 62.5 Å². The Morgan fingerprint density at radius 1 is 0.583 bits per heavy atom. The van der Waals surface area contributed by atoms with Gasteiger partial charge in [-0.15, -0.1) is 0 Å². The second-order valence-corrected chi connectivity index (χ2v) is 9.69. The summed E-state index contributed by atoms with van der Waals surface area (Å²) in [6.07, 6.45) is 6.61. The molecule has 0 aromatic heterocycles. The highest BCUT2D eigenvalue weighted by Gasteiger charge is 2.79. The van der Waals surface area contributed by atoms with E-state index in [2.05, 4.69) is 0 Å². The van der Waals surface area contributed by atoms with Crippen LogP contribution in [0.5, 0.6) is 0 Å². The van der Waals surface area contributed by atoms with E-state index in [0.29, 0.717) is 12.8 Å². The fourth-order valence-corrected chi connectivity index (χ4v) is 6.95. The minimum atomic E-state index is -1.69. The third-order valence-corrected chi connectivity index (χ3v) is 8.28. The molecule has 0 amide bonds. The molecule has 3 rings (SSSR count). The largest absolute Gasteiger partial charge is 0.511 e. The molecule has 200 valence electrons. The first kappa shape index (κ1) is 27.5. The smallest absolute Gasteiger partial charge is 0.337 e. The van der Waals surface area contributed by atoms with Gasteiger partial charge >= 0.3 is 23.9 Å². The Morgan fingerprint density at radius 2 is 0.889 bits per heavy atom. The molecule has 0 aromatic rings. The zero-order chi connectivity index (χ0) is 26.7. The van der Waals surface area contributed by atoms with Gasteiger partial charge in [-0.3, -0.25) is 9.59 Å². The van der Waals surface area contributed by atoms with E-state index < -0.39 is 58.1 Å². The number of ether oxygens (including phenoxy) is 4. The SMILES string of the molecule is COC(=O)C1=C(O)[C@H](C(=O)OC)[C@]23CCCCCCCCCC[C@]12[C@H](C(=O)OC)C(O)=C3C(=O)OC. The van der Waals surface area contributed by atoms with Gasteiger partial charge in [0, 0.05) is 10.8 Å². The molecule has 0 radical (unpaired) electrons. The van der Waals surface area contributed by atoms with E-state index in [9.17, 15) is 29.4 Å². The maximum Gasteiger partial charge on any atom is 0.337 e. The summed E-state index contributed by atoms with van der Waals surface area (Å²) in [6.45, 7) is 0. The van der Waals surface area contributed by atoms with Crippen molar-refractivity contribution in [1.29, 1.82) is 0 Å². The van der Waals surface area contributed by atoms with Crippen LogP contribution in [0.25, 0.3) is 0 Å². The summed E-state index contributed by atoms with van der Waals surface area (Å²) in [5.74, 6) is -8.02. The molecule has 10 nitrogen and oxygen atoms in total. The van der Waals surface area contributed by atoms with E-state index in [-0.39, 0.29) is 24.0 Å². The molecule has 0 aliphatic heterocycles. The standard InChI is InChI=1S/C26H36O10/c1-33-21(29)15-19(27)16(22(30)34-2)26-14-12-10-8-6-5-7-9-11-13-25(15,26)17(23(31)35-3)20(28)18(26)24(32)36-4/h15,18,27-28H,5-14H2,1-4H3/t15-,18+,25-,26+/m0/s1. The molecule has 2 N–H and O–H groups in total. The Kier molecular flexibility index (Phi) is 8.36. The summed E-state index contributed by atoms with van der Waals surface area (Å²) in [6, 6.07) is 0. The van der Waals surface area contributed by atoms with Crippen LogP contribution in [0.2, 0.25) is 0 Å². The molecule has 0 aromatic carbocycles. The van der Waals surface area contributed by atoms with Crippen LogP contribution in [-0.2, 0) is 38.1 Å². The van der Waals surface area contributed by atoms with Crippen LogP contribution in [0.1, 0.15) is 64.2 Å². The molecule has 36 heavy (non-hydrogen) atoms. The topological polar surface area (TPSA) is 146 Å². The third kappa shape index (κ3) is 3.85. The molecule has 3 aliphatic carbocycles. The number of esters is 4.